The maximum Gasteiger partial charge on any atom is 0.419 e. The van der Waals surface area contributed by atoms with E-state index in [4.69, 9.17) is 13.9 Å². The van der Waals surface area contributed by atoms with E-state index in [1.165, 1.54) is 12.4 Å². The molecule has 1 atom stereocenters. The standard InChI is InChI=1S/C21H29F3NO3/c1-4-5-6-7-8-11-27-19-10-9-17(12-18(19)21(22,23)24)13-26-14-20(3)15-28-16(2)25-20/h9-10,12-13H,4-8,11,14-15H2,1-3H3/q+1. The summed E-state index contributed by atoms with van der Waals surface area (Å²) in [6.45, 7) is 6.64. The number of aldehydes is 1. The van der Waals surface area contributed by atoms with E-state index in [-0.39, 0.29) is 19.0 Å². The normalized spacial score (nSPS) is 19.7. The lowest BCUT2D eigenvalue weighted by molar-refractivity contribution is -0.280. The first kappa shape index (κ1) is 22.2. The largest absolute Gasteiger partial charge is 0.493 e. The van der Waals surface area contributed by atoms with Gasteiger partial charge in [-0.2, -0.15) is 13.2 Å². The number of hydrogen-bond donors (Lipinski definition) is 0. The van der Waals surface area contributed by atoms with Crippen LogP contribution in [-0.4, -0.2) is 37.5 Å². The first-order chi connectivity index (χ1) is 13.2. The Morgan fingerprint density at radius 3 is 2.64 bits per heavy atom. The summed E-state index contributed by atoms with van der Waals surface area (Å²) in [7, 11) is 0. The maximum atomic E-state index is 13.4. The number of rotatable bonds is 10. The van der Waals surface area contributed by atoms with Gasteiger partial charge in [-0.1, -0.05) is 32.6 Å². The van der Waals surface area contributed by atoms with E-state index in [9.17, 15) is 13.2 Å². The quantitative estimate of drug-likeness (QED) is 0.291. The third kappa shape index (κ3) is 6.84. The molecule has 156 valence electrons. The van der Waals surface area contributed by atoms with Crippen molar-refractivity contribution in [1.82, 2.24) is 0 Å². The van der Waals surface area contributed by atoms with Crippen molar-refractivity contribution in [2.45, 2.75) is 64.6 Å². The molecule has 0 spiro atoms. The van der Waals surface area contributed by atoms with Crippen molar-refractivity contribution in [2.75, 3.05) is 19.8 Å². The number of alkyl halides is 3. The Hall–Kier alpha value is -2.05. The molecular weight excluding hydrogens is 371 g/mol. The van der Waals surface area contributed by atoms with Crippen molar-refractivity contribution in [1.29, 1.82) is 0 Å². The van der Waals surface area contributed by atoms with Crippen LogP contribution in [0.1, 0.15) is 68.4 Å². The fourth-order valence-electron chi connectivity index (χ4n) is 2.95. The Morgan fingerprint density at radius 1 is 1.25 bits per heavy atom. The highest BCUT2D eigenvalue weighted by Crippen LogP contribution is 2.36. The average Bonchev–Trinajstić information content (AvgIpc) is 2.97. The van der Waals surface area contributed by atoms with E-state index in [1.807, 2.05) is 6.92 Å². The number of benzene rings is 1. The summed E-state index contributed by atoms with van der Waals surface area (Å²) in [5.74, 6) is 0.443. The minimum Gasteiger partial charge on any atom is -0.493 e. The fraction of sp³-hybridized carbons (Fsp3) is 0.619. The topological polar surface area (TPSA) is 42.1 Å². The number of hydrogen-bond acceptors (Lipinski definition) is 3. The van der Waals surface area contributed by atoms with Gasteiger partial charge in [-0.3, -0.25) is 4.42 Å². The van der Waals surface area contributed by atoms with Crippen LogP contribution < -0.4 is 4.74 Å². The first-order valence-electron chi connectivity index (χ1n) is 9.72. The van der Waals surface area contributed by atoms with Crippen molar-refractivity contribution in [3.05, 3.63) is 29.3 Å². The van der Waals surface area contributed by atoms with Crippen LogP contribution in [0.2, 0.25) is 0 Å². The van der Waals surface area contributed by atoms with Gasteiger partial charge in [0.15, 0.2) is 11.4 Å². The molecule has 1 aliphatic heterocycles. The third-order valence-corrected chi connectivity index (χ3v) is 4.45. The molecule has 0 saturated carbocycles. The Kier molecular flexibility index (Phi) is 7.89. The summed E-state index contributed by atoms with van der Waals surface area (Å²) in [6.07, 6.45) is 1.86. The fourth-order valence-corrected chi connectivity index (χ4v) is 2.95. The Labute approximate surface area is 164 Å². The summed E-state index contributed by atoms with van der Waals surface area (Å²) in [5.41, 5.74) is -0.984. The monoisotopic (exact) mass is 400 g/mol. The van der Waals surface area contributed by atoms with Crippen LogP contribution in [0.4, 0.5) is 13.2 Å². The van der Waals surface area contributed by atoms with Gasteiger partial charge in [-0.15, -0.1) is 0 Å². The van der Waals surface area contributed by atoms with Crippen LogP contribution >= 0.6 is 0 Å². The summed E-state index contributed by atoms with van der Waals surface area (Å²) < 4.78 is 56.4. The van der Waals surface area contributed by atoms with Crippen LogP contribution in [0.3, 0.4) is 0 Å². The minimum atomic E-state index is -4.49. The lowest BCUT2D eigenvalue weighted by atomic mass is 10.1. The average molecular weight is 400 g/mol. The molecule has 0 aromatic heterocycles. The molecule has 28 heavy (non-hydrogen) atoms. The predicted octanol–water partition coefficient (Wildman–Crippen LogP) is 5.61. The van der Waals surface area contributed by atoms with E-state index in [0.717, 1.165) is 38.2 Å². The van der Waals surface area contributed by atoms with E-state index < -0.39 is 17.3 Å². The Morgan fingerprint density at radius 2 is 2.00 bits per heavy atom. The molecule has 0 radical (unpaired) electrons. The maximum absolute atomic E-state index is 13.4. The SMILES string of the molecule is CCCCCCCOc1ccc(C=[O+]CC2(C)COC(C)=N2)cc1C(F)(F)F. The highest BCUT2D eigenvalue weighted by molar-refractivity contribution is 5.76. The van der Waals surface area contributed by atoms with Gasteiger partial charge in [-0.25, -0.2) is 4.99 Å². The summed E-state index contributed by atoms with van der Waals surface area (Å²) in [6, 6.07) is 3.96. The van der Waals surface area contributed by atoms with E-state index in [2.05, 4.69) is 11.9 Å². The second kappa shape index (κ2) is 9.94. The molecule has 7 heteroatoms. The number of nitrogens with zero attached hydrogens (tertiary/aromatic N) is 1. The van der Waals surface area contributed by atoms with Gasteiger partial charge in [0.2, 0.25) is 0 Å². The lowest BCUT2D eigenvalue weighted by Gasteiger charge is -2.14. The van der Waals surface area contributed by atoms with E-state index in [0.29, 0.717) is 18.1 Å². The van der Waals surface area contributed by atoms with Crippen LogP contribution in [0.25, 0.3) is 0 Å². The van der Waals surface area contributed by atoms with Crippen LogP contribution in [0, 0.1) is 0 Å². The zero-order chi connectivity index (χ0) is 20.6. The van der Waals surface area contributed by atoms with Gasteiger partial charge in [-0.05, 0) is 31.5 Å². The first-order valence-corrected chi connectivity index (χ1v) is 9.72. The third-order valence-electron chi connectivity index (χ3n) is 4.45. The predicted molar refractivity (Wildman–Crippen MR) is 103 cm³/mol. The zero-order valence-corrected chi connectivity index (χ0v) is 16.8. The van der Waals surface area contributed by atoms with Gasteiger partial charge in [0.1, 0.15) is 12.4 Å². The second-order valence-electron chi connectivity index (χ2n) is 7.36. The Bertz CT molecular complexity index is 701. The van der Waals surface area contributed by atoms with Gasteiger partial charge < -0.3 is 9.47 Å². The number of ether oxygens (including phenoxy) is 2. The lowest BCUT2D eigenvalue weighted by Crippen LogP contribution is -2.27. The number of halogens is 3. The van der Waals surface area contributed by atoms with Crippen molar-refractivity contribution < 1.29 is 27.1 Å². The van der Waals surface area contributed by atoms with E-state index in [1.54, 1.807) is 13.0 Å². The number of carbonyl (C=O) groups excluding carboxylic acids is 1. The molecule has 1 aromatic rings. The highest BCUT2D eigenvalue weighted by Gasteiger charge is 2.36. The van der Waals surface area contributed by atoms with Crippen molar-refractivity contribution in [3.63, 3.8) is 0 Å². The summed E-state index contributed by atoms with van der Waals surface area (Å²) in [4.78, 5) is 4.33. The Balaban J connectivity index is 2.00. The molecule has 0 amide bonds. The molecule has 1 unspecified atom stereocenters. The number of unbranched alkanes of at least 4 members (excludes halogenated alkanes) is 4. The molecular formula is C21H29F3NO3+. The van der Waals surface area contributed by atoms with E-state index >= 15 is 0 Å². The van der Waals surface area contributed by atoms with Crippen molar-refractivity contribution >= 4 is 12.2 Å². The summed E-state index contributed by atoms with van der Waals surface area (Å²) >= 11 is 0. The van der Waals surface area contributed by atoms with Gasteiger partial charge in [0.05, 0.1) is 17.7 Å². The molecule has 1 aliphatic rings. The van der Waals surface area contributed by atoms with Gasteiger partial charge in [0, 0.05) is 6.92 Å². The van der Waals surface area contributed by atoms with Crippen molar-refractivity contribution in [3.8, 4) is 5.75 Å². The van der Waals surface area contributed by atoms with Crippen LogP contribution in [-0.2, 0) is 10.9 Å². The smallest absolute Gasteiger partial charge is 0.419 e. The molecule has 4 nitrogen and oxygen atoms in total. The highest BCUT2D eigenvalue weighted by atomic mass is 19.4. The molecule has 0 aliphatic carbocycles. The molecule has 0 saturated heterocycles. The van der Waals surface area contributed by atoms with Gasteiger partial charge in [0.25, 0.3) is 6.61 Å². The summed E-state index contributed by atoms with van der Waals surface area (Å²) in [5, 5.41) is 0. The molecule has 0 N–H and O–H groups in total. The van der Waals surface area contributed by atoms with Crippen LogP contribution in [0.5, 0.6) is 5.75 Å². The molecule has 1 heterocycles. The van der Waals surface area contributed by atoms with Crippen LogP contribution in [0.15, 0.2) is 23.2 Å². The second-order valence-corrected chi connectivity index (χ2v) is 7.36. The number of aliphatic imine (C=N–C) groups is 1. The molecule has 1 aromatic carbocycles. The van der Waals surface area contributed by atoms with Gasteiger partial charge >= 0.3 is 12.5 Å². The molecule has 0 fully saturated rings. The molecule has 0 bridgehead atoms. The van der Waals surface area contributed by atoms with Crippen molar-refractivity contribution in [2.24, 2.45) is 4.99 Å². The zero-order valence-electron chi connectivity index (χ0n) is 16.8. The molecule has 2 rings (SSSR count). The minimum absolute atomic E-state index is 0.142.